The highest BCUT2D eigenvalue weighted by Gasteiger charge is 2.11. The van der Waals surface area contributed by atoms with Crippen LogP contribution in [0.1, 0.15) is 35.2 Å². The molecule has 0 radical (unpaired) electrons. The van der Waals surface area contributed by atoms with Gasteiger partial charge in [0.15, 0.2) is 5.78 Å². The van der Waals surface area contributed by atoms with Gasteiger partial charge in [-0.25, -0.2) is 0 Å². The number of rotatable bonds is 6. The average molecular weight is 357 g/mol. The summed E-state index contributed by atoms with van der Waals surface area (Å²) in [6, 6.07) is 13.8. The lowest BCUT2D eigenvalue weighted by Gasteiger charge is -2.28. The Hall–Kier alpha value is -2.69. The van der Waals surface area contributed by atoms with Crippen molar-refractivity contribution in [3.63, 3.8) is 0 Å². The highest BCUT2D eigenvalue weighted by molar-refractivity contribution is 6.07. The van der Waals surface area contributed by atoms with Gasteiger partial charge in [0.25, 0.3) is 0 Å². The van der Waals surface area contributed by atoms with Gasteiger partial charge in [-0.1, -0.05) is 18.2 Å². The molecular weight excluding hydrogens is 336 g/mol. The van der Waals surface area contributed by atoms with Crippen molar-refractivity contribution in [3.05, 3.63) is 65.7 Å². The van der Waals surface area contributed by atoms with Crippen LogP contribution in [0.4, 0.5) is 14.5 Å². The van der Waals surface area contributed by atoms with Crippen LogP contribution in [0.15, 0.2) is 54.6 Å². The summed E-state index contributed by atoms with van der Waals surface area (Å²) >= 11 is 0. The lowest BCUT2D eigenvalue weighted by molar-refractivity contribution is -0.0498. The Morgan fingerprint density at radius 3 is 2.23 bits per heavy atom. The summed E-state index contributed by atoms with van der Waals surface area (Å²) in [5.41, 5.74) is 2.52. The third kappa shape index (κ3) is 4.91. The van der Waals surface area contributed by atoms with Crippen molar-refractivity contribution in [2.75, 3.05) is 18.0 Å². The molecule has 1 fully saturated rings. The van der Waals surface area contributed by atoms with Crippen LogP contribution in [0.3, 0.4) is 0 Å². The minimum Gasteiger partial charge on any atom is -0.435 e. The summed E-state index contributed by atoms with van der Waals surface area (Å²) < 4.78 is 28.5. The van der Waals surface area contributed by atoms with Gasteiger partial charge in [0.2, 0.25) is 0 Å². The number of halogens is 2. The fraction of sp³-hybridized carbons (Fsp3) is 0.286. The van der Waals surface area contributed by atoms with Crippen LogP contribution in [0.25, 0.3) is 6.08 Å². The molecule has 0 saturated carbocycles. The fourth-order valence-corrected chi connectivity index (χ4v) is 3.02. The molecule has 0 amide bonds. The molecule has 2 aromatic carbocycles. The lowest BCUT2D eigenvalue weighted by atomic mass is 10.1. The molecule has 0 aromatic heterocycles. The largest absolute Gasteiger partial charge is 0.435 e. The van der Waals surface area contributed by atoms with Gasteiger partial charge in [0, 0.05) is 24.3 Å². The number of benzene rings is 2. The maximum atomic E-state index is 12.3. The van der Waals surface area contributed by atoms with E-state index in [1.165, 1.54) is 37.5 Å². The summed E-state index contributed by atoms with van der Waals surface area (Å²) in [6.45, 7) is -0.706. The molecule has 0 spiro atoms. The number of alkyl halides is 2. The summed E-state index contributed by atoms with van der Waals surface area (Å²) in [5, 5.41) is 0. The Bertz CT molecular complexity index is 749. The van der Waals surface area contributed by atoms with Crippen molar-refractivity contribution < 1.29 is 18.3 Å². The topological polar surface area (TPSA) is 29.5 Å². The molecule has 0 atom stereocenters. The second kappa shape index (κ2) is 8.61. The molecule has 1 aliphatic rings. The van der Waals surface area contributed by atoms with Crippen molar-refractivity contribution >= 4 is 17.5 Å². The molecule has 3 rings (SSSR count). The van der Waals surface area contributed by atoms with Crippen LogP contribution in [0.2, 0.25) is 0 Å². The number of ether oxygens (including phenoxy) is 1. The number of nitrogens with zero attached hydrogens (tertiary/aromatic N) is 1. The first-order chi connectivity index (χ1) is 12.6. The third-order valence-electron chi connectivity index (χ3n) is 4.41. The predicted octanol–water partition coefficient (Wildman–Crippen LogP) is 5.17. The van der Waals surface area contributed by atoms with Crippen molar-refractivity contribution in [3.8, 4) is 5.75 Å². The smallest absolute Gasteiger partial charge is 0.387 e. The first-order valence-corrected chi connectivity index (χ1v) is 8.74. The Morgan fingerprint density at radius 2 is 1.62 bits per heavy atom. The molecular formula is C21H21F2NO2. The Balaban J connectivity index is 1.61. The third-order valence-corrected chi connectivity index (χ3v) is 4.41. The standard InChI is InChI=1S/C21H21F2NO2/c22-21(23)26-19-11-4-16(5-12-19)6-13-20(25)17-7-9-18(10-8-17)24-14-2-1-3-15-24/h4-13,21H,1-3,14-15H2/b13-6+. The Kier molecular flexibility index (Phi) is 6.00. The number of carbonyl (C=O) groups excluding carboxylic acids is 1. The fourth-order valence-electron chi connectivity index (χ4n) is 3.02. The van der Waals surface area contributed by atoms with E-state index in [9.17, 15) is 13.6 Å². The average Bonchev–Trinajstić information content (AvgIpc) is 2.67. The van der Waals surface area contributed by atoms with E-state index in [0.29, 0.717) is 5.56 Å². The molecule has 1 heterocycles. The zero-order valence-corrected chi connectivity index (χ0v) is 14.4. The molecule has 0 unspecified atom stereocenters. The van der Waals surface area contributed by atoms with Gasteiger partial charge in [0.1, 0.15) is 5.75 Å². The van der Waals surface area contributed by atoms with Gasteiger partial charge < -0.3 is 9.64 Å². The minimum atomic E-state index is -2.84. The first kappa shape index (κ1) is 18.1. The van der Waals surface area contributed by atoms with Gasteiger partial charge in [0.05, 0.1) is 0 Å². The van der Waals surface area contributed by atoms with Crippen molar-refractivity contribution in [1.82, 2.24) is 0 Å². The number of anilines is 1. The van der Waals surface area contributed by atoms with Crippen LogP contribution in [0, 0.1) is 0 Å². The normalized spacial score (nSPS) is 14.8. The van der Waals surface area contributed by atoms with E-state index in [0.717, 1.165) is 24.3 Å². The molecule has 0 aliphatic carbocycles. The van der Waals surface area contributed by atoms with Gasteiger partial charge in [-0.15, -0.1) is 0 Å². The molecule has 5 heteroatoms. The summed E-state index contributed by atoms with van der Waals surface area (Å²) in [5.74, 6) is -0.000112. The number of hydrogen-bond acceptors (Lipinski definition) is 3. The van der Waals surface area contributed by atoms with Crippen molar-refractivity contribution in [2.24, 2.45) is 0 Å². The van der Waals surface area contributed by atoms with E-state index in [4.69, 9.17) is 0 Å². The molecule has 136 valence electrons. The van der Waals surface area contributed by atoms with Crippen LogP contribution >= 0.6 is 0 Å². The van der Waals surface area contributed by atoms with E-state index in [-0.39, 0.29) is 11.5 Å². The molecule has 0 bridgehead atoms. The van der Waals surface area contributed by atoms with Crippen LogP contribution in [-0.4, -0.2) is 25.5 Å². The quantitative estimate of drug-likeness (QED) is 0.527. The Labute approximate surface area is 151 Å². The second-order valence-electron chi connectivity index (χ2n) is 6.24. The van der Waals surface area contributed by atoms with E-state index < -0.39 is 6.61 Å². The zero-order valence-electron chi connectivity index (χ0n) is 14.4. The molecule has 3 nitrogen and oxygen atoms in total. The summed E-state index contributed by atoms with van der Waals surface area (Å²) in [7, 11) is 0. The minimum absolute atomic E-state index is 0.0942. The molecule has 1 saturated heterocycles. The van der Waals surface area contributed by atoms with Gasteiger partial charge in [-0.05, 0) is 67.3 Å². The first-order valence-electron chi connectivity index (χ1n) is 8.74. The summed E-state index contributed by atoms with van der Waals surface area (Å²) in [4.78, 5) is 14.6. The summed E-state index contributed by atoms with van der Waals surface area (Å²) in [6.07, 6.45) is 6.86. The van der Waals surface area contributed by atoms with E-state index in [1.807, 2.05) is 24.3 Å². The van der Waals surface area contributed by atoms with E-state index >= 15 is 0 Å². The van der Waals surface area contributed by atoms with E-state index in [2.05, 4.69) is 9.64 Å². The van der Waals surface area contributed by atoms with Gasteiger partial charge >= 0.3 is 6.61 Å². The van der Waals surface area contributed by atoms with Crippen molar-refractivity contribution in [2.45, 2.75) is 25.9 Å². The lowest BCUT2D eigenvalue weighted by Crippen LogP contribution is -2.29. The zero-order chi connectivity index (χ0) is 18.4. The van der Waals surface area contributed by atoms with Gasteiger partial charge in [-0.2, -0.15) is 8.78 Å². The molecule has 26 heavy (non-hydrogen) atoms. The van der Waals surface area contributed by atoms with Crippen molar-refractivity contribution in [1.29, 1.82) is 0 Å². The number of allylic oxidation sites excluding steroid dienone is 1. The monoisotopic (exact) mass is 357 g/mol. The molecule has 1 aliphatic heterocycles. The number of piperidine rings is 1. The van der Waals surface area contributed by atoms with Crippen LogP contribution < -0.4 is 9.64 Å². The maximum Gasteiger partial charge on any atom is 0.387 e. The molecule has 2 aromatic rings. The predicted molar refractivity (Wildman–Crippen MR) is 98.9 cm³/mol. The van der Waals surface area contributed by atoms with E-state index in [1.54, 1.807) is 18.2 Å². The van der Waals surface area contributed by atoms with Crippen LogP contribution in [-0.2, 0) is 0 Å². The van der Waals surface area contributed by atoms with Crippen LogP contribution in [0.5, 0.6) is 5.75 Å². The second-order valence-corrected chi connectivity index (χ2v) is 6.24. The number of carbonyl (C=O) groups is 1. The maximum absolute atomic E-state index is 12.3. The molecule has 0 N–H and O–H groups in total. The highest BCUT2D eigenvalue weighted by atomic mass is 19.3. The number of ketones is 1. The van der Waals surface area contributed by atoms with Gasteiger partial charge in [-0.3, -0.25) is 4.79 Å². The number of hydrogen-bond donors (Lipinski definition) is 0. The highest BCUT2D eigenvalue weighted by Crippen LogP contribution is 2.21. The SMILES string of the molecule is O=C(/C=C/c1ccc(OC(F)F)cc1)c1ccc(N2CCCCC2)cc1. The Morgan fingerprint density at radius 1 is 0.962 bits per heavy atom.